The van der Waals surface area contributed by atoms with E-state index in [0.717, 1.165) is 19.0 Å². The number of nitrogens with one attached hydrogen (secondary N) is 1. The van der Waals surface area contributed by atoms with Gasteiger partial charge in [0.1, 0.15) is 9.84 Å². The van der Waals surface area contributed by atoms with E-state index in [4.69, 9.17) is 0 Å². The number of hydrogen-bond donors (Lipinski definition) is 1. The van der Waals surface area contributed by atoms with Crippen molar-refractivity contribution in [3.8, 4) is 0 Å². The third-order valence-electron chi connectivity index (χ3n) is 3.15. The van der Waals surface area contributed by atoms with E-state index in [1.165, 1.54) is 25.6 Å². The summed E-state index contributed by atoms with van der Waals surface area (Å²) < 4.78 is 21.9. The molecule has 0 unspecified atom stereocenters. The summed E-state index contributed by atoms with van der Waals surface area (Å²) in [6, 6.07) is 0.576. The Bertz CT molecular complexity index is 310. The van der Waals surface area contributed by atoms with Crippen LogP contribution in [0.2, 0.25) is 0 Å². The maximum absolute atomic E-state index is 10.9. The lowest BCUT2D eigenvalue weighted by molar-refractivity contribution is 0.213. The fourth-order valence-electron chi connectivity index (χ4n) is 1.80. The van der Waals surface area contributed by atoms with Gasteiger partial charge in [0, 0.05) is 38.5 Å². The molecular formula is C12H26N2O2S. The molecule has 1 aliphatic carbocycles. The molecule has 0 aromatic rings. The van der Waals surface area contributed by atoms with Crippen LogP contribution >= 0.6 is 0 Å². The minimum Gasteiger partial charge on any atom is -0.314 e. The second-order valence-electron chi connectivity index (χ2n) is 5.41. The first-order chi connectivity index (χ1) is 7.88. The lowest BCUT2D eigenvalue weighted by Crippen LogP contribution is -2.39. The number of sulfone groups is 1. The third kappa shape index (κ3) is 7.73. The van der Waals surface area contributed by atoms with Gasteiger partial charge in [-0.1, -0.05) is 0 Å². The minimum absolute atomic E-state index is 0.233. The molecule has 0 aromatic heterocycles. The van der Waals surface area contributed by atoms with Gasteiger partial charge >= 0.3 is 0 Å². The van der Waals surface area contributed by atoms with E-state index in [9.17, 15) is 8.42 Å². The van der Waals surface area contributed by atoms with Crippen molar-refractivity contribution in [2.24, 2.45) is 5.92 Å². The van der Waals surface area contributed by atoms with E-state index in [0.29, 0.717) is 12.6 Å². The van der Waals surface area contributed by atoms with Crippen molar-refractivity contribution in [1.82, 2.24) is 10.2 Å². The van der Waals surface area contributed by atoms with E-state index in [1.807, 2.05) is 0 Å². The van der Waals surface area contributed by atoms with Crippen molar-refractivity contribution in [2.75, 3.05) is 38.2 Å². The Hall–Kier alpha value is -0.130. The highest BCUT2D eigenvalue weighted by molar-refractivity contribution is 7.90. The first kappa shape index (κ1) is 14.9. The van der Waals surface area contributed by atoms with Gasteiger partial charge in [0.25, 0.3) is 0 Å². The lowest BCUT2D eigenvalue weighted by atomic mass is 10.2. The molecule has 0 bridgehead atoms. The normalized spacial score (nSPS) is 17.0. The first-order valence-electron chi connectivity index (χ1n) is 6.51. The predicted molar refractivity (Wildman–Crippen MR) is 72.0 cm³/mol. The number of nitrogens with zero attached hydrogens (tertiary/aromatic N) is 1. The molecule has 1 fully saturated rings. The van der Waals surface area contributed by atoms with Crippen molar-refractivity contribution in [3.05, 3.63) is 0 Å². The molecule has 0 atom stereocenters. The standard InChI is InChI=1S/C12H26N2O2S/c1-11(2)14(10-12-4-5-12)8-6-13-7-9-17(3,15)16/h11-13H,4-10H2,1-3H3. The molecule has 1 aliphatic rings. The van der Waals surface area contributed by atoms with Gasteiger partial charge in [-0.2, -0.15) is 0 Å². The van der Waals surface area contributed by atoms with Gasteiger partial charge < -0.3 is 5.32 Å². The Kier molecular flexibility index (Phi) is 5.89. The molecule has 0 aliphatic heterocycles. The topological polar surface area (TPSA) is 49.4 Å². The maximum Gasteiger partial charge on any atom is 0.148 e. The molecule has 5 heteroatoms. The molecule has 0 amide bonds. The van der Waals surface area contributed by atoms with Crippen LogP contribution in [-0.4, -0.2) is 57.5 Å². The summed E-state index contributed by atoms with van der Waals surface area (Å²) in [7, 11) is -2.83. The molecule has 0 aromatic carbocycles. The molecule has 1 saturated carbocycles. The van der Waals surface area contributed by atoms with Crippen molar-refractivity contribution in [1.29, 1.82) is 0 Å². The summed E-state index contributed by atoms with van der Waals surface area (Å²) in [5.41, 5.74) is 0. The molecule has 0 heterocycles. The molecule has 102 valence electrons. The average Bonchev–Trinajstić information content (AvgIpc) is 2.97. The highest BCUT2D eigenvalue weighted by Gasteiger charge is 2.24. The van der Waals surface area contributed by atoms with Crippen LogP contribution < -0.4 is 5.32 Å². The Morgan fingerprint density at radius 3 is 2.41 bits per heavy atom. The zero-order valence-electron chi connectivity index (χ0n) is 11.3. The molecule has 1 N–H and O–H groups in total. The van der Waals surface area contributed by atoms with Gasteiger partial charge in [-0.15, -0.1) is 0 Å². The first-order valence-corrected chi connectivity index (χ1v) is 8.57. The predicted octanol–water partition coefficient (Wildman–Crippen LogP) is 0.741. The summed E-state index contributed by atoms with van der Waals surface area (Å²) in [5.74, 6) is 1.14. The minimum atomic E-state index is -2.83. The number of hydrogen-bond acceptors (Lipinski definition) is 4. The Morgan fingerprint density at radius 1 is 1.29 bits per heavy atom. The highest BCUT2D eigenvalue weighted by Crippen LogP contribution is 2.30. The van der Waals surface area contributed by atoms with Crippen LogP contribution in [0.15, 0.2) is 0 Å². The van der Waals surface area contributed by atoms with Crippen LogP contribution in [0.1, 0.15) is 26.7 Å². The van der Waals surface area contributed by atoms with E-state index in [1.54, 1.807) is 0 Å². The summed E-state index contributed by atoms with van der Waals surface area (Å²) in [5, 5.41) is 3.20. The van der Waals surface area contributed by atoms with Crippen molar-refractivity contribution < 1.29 is 8.42 Å². The number of rotatable bonds is 9. The third-order valence-corrected chi connectivity index (χ3v) is 4.09. The lowest BCUT2D eigenvalue weighted by Gasteiger charge is -2.26. The molecule has 17 heavy (non-hydrogen) atoms. The summed E-state index contributed by atoms with van der Waals surface area (Å²) in [6.07, 6.45) is 4.04. The van der Waals surface area contributed by atoms with Gasteiger partial charge in [-0.3, -0.25) is 4.90 Å². The van der Waals surface area contributed by atoms with Crippen molar-refractivity contribution in [2.45, 2.75) is 32.7 Å². The van der Waals surface area contributed by atoms with Crippen LogP contribution in [0.4, 0.5) is 0 Å². The summed E-state index contributed by atoms with van der Waals surface area (Å²) in [6.45, 7) is 8.09. The zero-order valence-corrected chi connectivity index (χ0v) is 12.1. The quantitative estimate of drug-likeness (QED) is 0.623. The maximum atomic E-state index is 10.9. The van der Waals surface area contributed by atoms with Gasteiger partial charge in [-0.05, 0) is 32.6 Å². The fraction of sp³-hybridized carbons (Fsp3) is 1.00. The smallest absolute Gasteiger partial charge is 0.148 e. The summed E-state index contributed by atoms with van der Waals surface area (Å²) >= 11 is 0. The highest BCUT2D eigenvalue weighted by atomic mass is 32.2. The van der Waals surface area contributed by atoms with E-state index in [2.05, 4.69) is 24.1 Å². The van der Waals surface area contributed by atoms with E-state index in [-0.39, 0.29) is 5.75 Å². The van der Waals surface area contributed by atoms with Crippen LogP contribution in [0, 0.1) is 5.92 Å². The van der Waals surface area contributed by atoms with Crippen LogP contribution in [-0.2, 0) is 9.84 Å². The molecule has 4 nitrogen and oxygen atoms in total. The second kappa shape index (κ2) is 6.71. The molecule has 1 rings (SSSR count). The van der Waals surface area contributed by atoms with Crippen molar-refractivity contribution in [3.63, 3.8) is 0 Å². The Morgan fingerprint density at radius 2 is 1.94 bits per heavy atom. The zero-order chi connectivity index (χ0) is 12.9. The Balaban J connectivity index is 2.09. The fourth-order valence-corrected chi connectivity index (χ4v) is 2.31. The summed E-state index contributed by atoms with van der Waals surface area (Å²) in [4.78, 5) is 2.48. The monoisotopic (exact) mass is 262 g/mol. The van der Waals surface area contributed by atoms with Gasteiger partial charge in [0.2, 0.25) is 0 Å². The second-order valence-corrected chi connectivity index (χ2v) is 7.67. The largest absolute Gasteiger partial charge is 0.314 e. The van der Waals surface area contributed by atoms with Crippen LogP contribution in [0.25, 0.3) is 0 Å². The van der Waals surface area contributed by atoms with Gasteiger partial charge in [0.15, 0.2) is 0 Å². The Labute approximate surface area is 106 Å². The molecule has 0 radical (unpaired) electrons. The van der Waals surface area contributed by atoms with Crippen molar-refractivity contribution >= 4 is 9.84 Å². The average molecular weight is 262 g/mol. The molecule has 0 saturated heterocycles. The van der Waals surface area contributed by atoms with E-state index >= 15 is 0 Å². The van der Waals surface area contributed by atoms with Gasteiger partial charge in [-0.25, -0.2) is 8.42 Å². The molecular weight excluding hydrogens is 236 g/mol. The molecule has 0 spiro atoms. The van der Waals surface area contributed by atoms with Crippen LogP contribution in [0.5, 0.6) is 0 Å². The van der Waals surface area contributed by atoms with Gasteiger partial charge in [0.05, 0.1) is 5.75 Å². The van der Waals surface area contributed by atoms with Crippen LogP contribution in [0.3, 0.4) is 0 Å². The van der Waals surface area contributed by atoms with E-state index < -0.39 is 9.84 Å². The SMILES string of the molecule is CC(C)N(CCNCCS(C)(=O)=O)CC1CC1.